The molecule has 4 aromatic rings. The van der Waals surface area contributed by atoms with Crippen molar-refractivity contribution in [2.75, 3.05) is 7.11 Å². The van der Waals surface area contributed by atoms with Crippen molar-refractivity contribution >= 4 is 23.4 Å². The fourth-order valence-electron chi connectivity index (χ4n) is 3.77. The highest BCUT2D eigenvalue weighted by atomic mass is 35.5. The fourth-order valence-corrected chi connectivity index (χ4v) is 3.95. The normalized spacial score (nSPS) is 11.7. The van der Waals surface area contributed by atoms with Crippen molar-refractivity contribution < 1.29 is 23.5 Å². The van der Waals surface area contributed by atoms with E-state index in [1.807, 2.05) is 42.5 Å². The van der Waals surface area contributed by atoms with E-state index >= 15 is 0 Å². The van der Waals surface area contributed by atoms with Crippen molar-refractivity contribution in [3.63, 3.8) is 0 Å². The molecule has 37 heavy (non-hydrogen) atoms. The van der Waals surface area contributed by atoms with E-state index in [9.17, 15) is 4.79 Å². The summed E-state index contributed by atoms with van der Waals surface area (Å²) in [6.07, 6.45) is 0. The van der Waals surface area contributed by atoms with E-state index in [1.54, 1.807) is 24.3 Å². The minimum Gasteiger partial charge on any atom is -0.496 e. The molecular formula is C29H27ClN2O5. The second-order valence-corrected chi connectivity index (χ2v) is 9.21. The van der Waals surface area contributed by atoms with Crippen molar-refractivity contribution in [3.8, 4) is 11.5 Å². The van der Waals surface area contributed by atoms with Gasteiger partial charge in [-0.1, -0.05) is 73.1 Å². The molecule has 190 valence electrons. The first-order chi connectivity index (χ1) is 17.8. The number of nitrogens with two attached hydrogens (primary N) is 1. The average Bonchev–Trinajstić information content (AvgIpc) is 3.40. The standard InChI is InChI=1S/C29H27ClN2O5/c1-29(2,19-7-5-4-6-8-19)20-9-12-22(13-10-20)35-18-23-14-16-26(36-23)28(33)37-32-27(31)24-17-21(30)11-15-25(24)34-3/h4-17H,18H2,1-3H3,(H2,31,32). The van der Waals surface area contributed by atoms with Crippen LogP contribution in [0, 0.1) is 0 Å². The number of furan rings is 1. The van der Waals surface area contributed by atoms with Crippen LogP contribution in [0.25, 0.3) is 0 Å². The Bertz CT molecular complexity index is 1400. The Labute approximate surface area is 220 Å². The summed E-state index contributed by atoms with van der Waals surface area (Å²) in [6, 6.07) is 26.2. The lowest BCUT2D eigenvalue weighted by atomic mass is 9.78. The van der Waals surface area contributed by atoms with Gasteiger partial charge in [-0.3, -0.25) is 0 Å². The number of ether oxygens (including phenoxy) is 2. The summed E-state index contributed by atoms with van der Waals surface area (Å²) in [4.78, 5) is 17.3. The van der Waals surface area contributed by atoms with E-state index in [2.05, 4.69) is 31.1 Å². The number of methoxy groups -OCH3 is 1. The second-order valence-electron chi connectivity index (χ2n) is 8.77. The van der Waals surface area contributed by atoms with E-state index in [0.717, 1.165) is 0 Å². The number of hydrogen-bond acceptors (Lipinski definition) is 6. The number of benzene rings is 3. The maximum absolute atomic E-state index is 12.4. The van der Waals surface area contributed by atoms with Crippen LogP contribution in [-0.4, -0.2) is 18.9 Å². The summed E-state index contributed by atoms with van der Waals surface area (Å²) in [5, 5.41) is 4.12. The van der Waals surface area contributed by atoms with Gasteiger partial charge in [-0.25, -0.2) is 4.79 Å². The fraction of sp³-hybridized carbons (Fsp3) is 0.172. The van der Waals surface area contributed by atoms with Gasteiger partial charge < -0.3 is 24.5 Å². The maximum Gasteiger partial charge on any atom is 0.400 e. The van der Waals surface area contributed by atoms with E-state index in [4.69, 9.17) is 36.1 Å². The number of halogens is 1. The zero-order valence-electron chi connectivity index (χ0n) is 20.7. The van der Waals surface area contributed by atoms with Crippen LogP contribution in [0.3, 0.4) is 0 Å². The van der Waals surface area contributed by atoms with Crippen LogP contribution in [0.2, 0.25) is 5.02 Å². The highest BCUT2D eigenvalue weighted by Gasteiger charge is 2.22. The lowest BCUT2D eigenvalue weighted by Gasteiger charge is -2.26. The Balaban J connectivity index is 1.35. The third kappa shape index (κ3) is 6.13. The predicted molar refractivity (Wildman–Crippen MR) is 142 cm³/mol. The van der Waals surface area contributed by atoms with E-state index in [0.29, 0.717) is 27.8 Å². The number of carbonyl (C=O) groups excluding carboxylic acids is 1. The quantitative estimate of drug-likeness (QED) is 0.120. The Morgan fingerprint density at radius 2 is 1.68 bits per heavy atom. The molecule has 7 nitrogen and oxygen atoms in total. The summed E-state index contributed by atoms with van der Waals surface area (Å²) in [5.41, 5.74) is 8.60. The first-order valence-corrected chi connectivity index (χ1v) is 11.9. The van der Waals surface area contributed by atoms with Gasteiger partial charge in [-0.15, -0.1) is 0 Å². The zero-order valence-corrected chi connectivity index (χ0v) is 21.5. The first kappa shape index (κ1) is 25.9. The Kier molecular flexibility index (Phi) is 7.84. The lowest BCUT2D eigenvalue weighted by Crippen LogP contribution is -2.18. The van der Waals surface area contributed by atoms with Crippen molar-refractivity contribution in [3.05, 3.63) is 118 Å². The SMILES string of the molecule is COc1ccc(Cl)cc1/C(N)=N/OC(=O)c1ccc(COc2ccc(C(C)(C)c3ccccc3)cc2)o1. The summed E-state index contributed by atoms with van der Waals surface area (Å²) in [7, 11) is 1.48. The van der Waals surface area contributed by atoms with Crippen LogP contribution < -0.4 is 15.2 Å². The number of oxime groups is 1. The van der Waals surface area contributed by atoms with E-state index < -0.39 is 5.97 Å². The Morgan fingerprint density at radius 3 is 2.38 bits per heavy atom. The third-order valence-corrected chi connectivity index (χ3v) is 6.21. The zero-order chi connectivity index (χ0) is 26.4. The first-order valence-electron chi connectivity index (χ1n) is 11.5. The molecule has 4 rings (SSSR count). The van der Waals surface area contributed by atoms with Crippen LogP contribution >= 0.6 is 11.6 Å². The predicted octanol–water partition coefficient (Wildman–Crippen LogP) is 6.32. The minimum atomic E-state index is -0.803. The molecule has 1 aromatic heterocycles. The van der Waals surface area contributed by atoms with Crippen LogP contribution in [0.4, 0.5) is 0 Å². The van der Waals surface area contributed by atoms with Gasteiger partial charge in [0.2, 0.25) is 5.76 Å². The smallest absolute Gasteiger partial charge is 0.400 e. The van der Waals surface area contributed by atoms with Crippen LogP contribution in [-0.2, 0) is 16.9 Å². The average molecular weight is 519 g/mol. The van der Waals surface area contributed by atoms with Crippen LogP contribution in [0.1, 0.15) is 46.9 Å². The molecule has 0 atom stereocenters. The van der Waals surface area contributed by atoms with Crippen LogP contribution in [0.15, 0.2) is 94.5 Å². The molecule has 0 spiro atoms. The molecule has 1 heterocycles. The van der Waals surface area contributed by atoms with Crippen molar-refractivity contribution in [2.24, 2.45) is 10.9 Å². The maximum atomic E-state index is 12.4. The number of carbonyl (C=O) groups is 1. The second kappa shape index (κ2) is 11.2. The third-order valence-electron chi connectivity index (χ3n) is 5.98. The topological polar surface area (TPSA) is 96.3 Å². The Hall–Kier alpha value is -4.23. The largest absolute Gasteiger partial charge is 0.496 e. The molecule has 0 bridgehead atoms. The van der Waals surface area contributed by atoms with Crippen molar-refractivity contribution in [1.29, 1.82) is 0 Å². The molecule has 0 radical (unpaired) electrons. The molecule has 0 amide bonds. The highest BCUT2D eigenvalue weighted by molar-refractivity contribution is 6.31. The summed E-state index contributed by atoms with van der Waals surface area (Å²) in [6.45, 7) is 4.51. The number of hydrogen-bond donors (Lipinski definition) is 1. The van der Waals surface area contributed by atoms with Gasteiger partial charge in [0, 0.05) is 10.4 Å². The summed E-state index contributed by atoms with van der Waals surface area (Å²) >= 11 is 6.01. The molecule has 0 saturated carbocycles. The molecule has 0 aliphatic heterocycles. The van der Waals surface area contributed by atoms with Crippen molar-refractivity contribution in [2.45, 2.75) is 25.9 Å². The highest BCUT2D eigenvalue weighted by Crippen LogP contribution is 2.32. The molecule has 8 heteroatoms. The van der Waals surface area contributed by atoms with Gasteiger partial charge in [-0.05, 0) is 53.6 Å². The molecule has 0 saturated heterocycles. The Morgan fingerprint density at radius 1 is 0.973 bits per heavy atom. The van der Waals surface area contributed by atoms with Crippen molar-refractivity contribution in [1.82, 2.24) is 0 Å². The van der Waals surface area contributed by atoms with Gasteiger partial charge in [0.1, 0.15) is 23.9 Å². The summed E-state index contributed by atoms with van der Waals surface area (Å²) in [5.74, 6) is 0.670. The van der Waals surface area contributed by atoms with Gasteiger partial charge >= 0.3 is 5.97 Å². The molecule has 3 aromatic carbocycles. The monoisotopic (exact) mass is 518 g/mol. The number of amidine groups is 1. The van der Waals surface area contributed by atoms with Gasteiger partial charge in [0.25, 0.3) is 0 Å². The van der Waals surface area contributed by atoms with Crippen LogP contribution in [0.5, 0.6) is 11.5 Å². The molecule has 0 unspecified atom stereocenters. The number of nitrogens with zero attached hydrogens (tertiary/aromatic N) is 1. The van der Waals surface area contributed by atoms with E-state index in [1.165, 1.54) is 24.3 Å². The molecular weight excluding hydrogens is 492 g/mol. The van der Waals surface area contributed by atoms with Gasteiger partial charge in [0.05, 0.1) is 12.7 Å². The molecule has 0 fully saturated rings. The molecule has 2 N–H and O–H groups in total. The molecule has 0 aliphatic rings. The molecule has 0 aliphatic carbocycles. The lowest BCUT2D eigenvalue weighted by molar-refractivity contribution is 0.0475. The van der Waals surface area contributed by atoms with Gasteiger partial charge in [0.15, 0.2) is 5.84 Å². The van der Waals surface area contributed by atoms with Gasteiger partial charge in [-0.2, -0.15) is 0 Å². The van der Waals surface area contributed by atoms with E-state index in [-0.39, 0.29) is 23.6 Å². The number of rotatable bonds is 9. The minimum absolute atomic E-state index is 0.0341. The summed E-state index contributed by atoms with van der Waals surface area (Å²) < 4.78 is 16.6.